The van der Waals surface area contributed by atoms with E-state index < -0.39 is 9.84 Å². The van der Waals surface area contributed by atoms with Gasteiger partial charge in [0.05, 0.1) is 11.9 Å². The summed E-state index contributed by atoms with van der Waals surface area (Å²) in [5, 5.41) is 6.56. The highest BCUT2D eigenvalue weighted by atomic mass is 32.2. The SMILES string of the molecule is CN=C(NCc1ccc(C)cc1OC(C)C)NCC1(CS(C)(=O)=O)CC1. The zero-order valence-corrected chi connectivity index (χ0v) is 17.2. The summed E-state index contributed by atoms with van der Waals surface area (Å²) in [7, 11) is -1.25. The number of aryl methyl sites for hydroxylation is 1. The molecule has 1 aliphatic rings. The Kier molecular flexibility index (Phi) is 6.55. The molecule has 0 spiro atoms. The Balaban J connectivity index is 1.93. The molecule has 0 saturated heterocycles. The number of ether oxygens (including phenoxy) is 1. The van der Waals surface area contributed by atoms with E-state index >= 15 is 0 Å². The lowest BCUT2D eigenvalue weighted by molar-refractivity contribution is 0.239. The quantitative estimate of drug-likeness (QED) is 0.533. The lowest BCUT2D eigenvalue weighted by atomic mass is 10.1. The van der Waals surface area contributed by atoms with E-state index in [1.165, 1.54) is 6.26 Å². The second-order valence-electron chi connectivity index (χ2n) is 7.63. The summed E-state index contributed by atoms with van der Waals surface area (Å²) in [5.74, 6) is 1.77. The lowest BCUT2D eigenvalue weighted by Gasteiger charge is -2.19. The van der Waals surface area contributed by atoms with Gasteiger partial charge in [-0.05, 0) is 45.2 Å². The predicted molar refractivity (Wildman–Crippen MR) is 107 cm³/mol. The van der Waals surface area contributed by atoms with Crippen LogP contribution in [0.1, 0.15) is 37.8 Å². The van der Waals surface area contributed by atoms with Crippen molar-refractivity contribution in [2.45, 2.75) is 46.3 Å². The van der Waals surface area contributed by atoms with Crippen LogP contribution in [0.4, 0.5) is 0 Å². The van der Waals surface area contributed by atoms with Crippen molar-refractivity contribution in [1.82, 2.24) is 10.6 Å². The Bertz CT molecular complexity index is 753. The monoisotopic (exact) mass is 381 g/mol. The van der Waals surface area contributed by atoms with Crippen molar-refractivity contribution in [2.24, 2.45) is 10.4 Å². The molecule has 2 rings (SSSR count). The fraction of sp³-hybridized carbons (Fsp3) is 0.632. The van der Waals surface area contributed by atoms with E-state index in [4.69, 9.17) is 4.74 Å². The van der Waals surface area contributed by atoms with E-state index in [1.807, 2.05) is 26.8 Å². The molecule has 1 aliphatic carbocycles. The highest BCUT2D eigenvalue weighted by Gasteiger charge is 2.45. The standard InChI is InChI=1S/C19H31N3O3S/c1-14(2)25-17-10-15(3)6-7-16(17)11-21-18(20-4)22-12-19(8-9-19)13-26(5,23)24/h6-7,10,14H,8-9,11-13H2,1-5H3,(H2,20,21,22). The van der Waals surface area contributed by atoms with Crippen LogP contribution in [0.2, 0.25) is 0 Å². The van der Waals surface area contributed by atoms with Crippen molar-refractivity contribution >= 4 is 15.8 Å². The average molecular weight is 382 g/mol. The Hall–Kier alpha value is -1.76. The number of guanidine groups is 1. The zero-order chi connectivity index (χ0) is 19.4. The Labute approximate surface area is 157 Å². The molecule has 0 bridgehead atoms. The van der Waals surface area contributed by atoms with Crippen LogP contribution in [0.5, 0.6) is 5.75 Å². The maximum atomic E-state index is 11.6. The van der Waals surface area contributed by atoms with Crippen molar-refractivity contribution in [3.63, 3.8) is 0 Å². The highest BCUT2D eigenvalue weighted by Crippen LogP contribution is 2.45. The van der Waals surface area contributed by atoms with Gasteiger partial charge < -0.3 is 15.4 Å². The maximum Gasteiger partial charge on any atom is 0.191 e. The number of hydrogen-bond acceptors (Lipinski definition) is 4. The van der Waals surface area contributed by atoms with Gasteiger partial charge in [-0.25, -0.2) is 8.42 Å². The van der Waals surface area contributed by atoms with E-state index in [0.717, 1.165) is 29.7 Å². The molecule has 0 radical (unpaired) electrons. The molecule has 7 heteroatoms. The third-order valence-electron chi connectivity index (χ3n) is 4.41. The van der Waals surface area contributed by atoms with Gasteiger partial charge in [-0.15, -0.1) is 0 Å². The van der Waals surface area contributed by atoms with Crippen LogP contribution in [-0.4, -0.2) is 46.1 Å². The minimum Gasteiger partial charge on any atom is -0.491 e. The summed E-state index contributed by atoms with van der Waals surface area (Å²) in [6.07, 6.45) is 3.29. The number of nitrogens with one attached hydrogen (secondary N) is 2. The van der Waals surface area contributed by atoms with Gasteiger partial charge in [-0.3, -0.25) is 4.99 Å². The number of nitrogens with zero attached hydrogens (tertiary/aromatic N) is 1. The van der Waals surface area contributed by atoms with Gasteiger partial charge in [0.1, 0.15) is 15.6 Å². The minimum absolute atomic E-state index is 0.110. The van der Waals surface area contributed by atoms with Crippen LogP contribution in [0.25, 0.3) is 0 Å². The first kappa shape index (κ1) is 20.6. The number of aliphatic imine (C=N–C) groups is 1. The van der Waals surface area contributed by atoms with Crippen molar-refractivity contribution in [3.05, 3.63) is 29.3 Å². The van der Waals surface area contributed by atoms with E-state index in [1.54, 1.807) is 7.05 Å². The Morgan fingerprint density at radius 2 is 2.00 bits per heavy atom. The van der Waals surface area contributed by atoms with Crippen LogP contribution in [0.3, 0.4) is 0 Å². The average Bonchev–Trinajstić information content (AvgIpc) is 3.26. The second kappa shape index (κ2) is 8.29. The first-order valence-corrected chi connectivity index (χ1v) is 11.1. The molecule has 0 unspecified atom stereocenters. The molecule has 146 valence electrons. The molecule has 1 aromatic carbocycles. The van der Waals surface area contributed by atoms with E-state index in [0.29, 0.717) is 19.0 Å². The fourth-order valence-corrected chi connectivity index (χ4v) is 4.45. The Morgan fingerprint density at radius 1 is 1.31 bits per heavy atom. The molecule has 1 saturated carbocycles. The van der Waals surface area contributed by atoms with Crippen molar-refractivity contribution in [1.29, 1.82) is 0 Å². The smallest absolute Gasteiger partial charge is 0.191 e. The van der Waals surface area contributed by atoms with E-state index in [9.17, 15) is 8.42 Å². The molecule has 0 aromatic heterocycles. The van der Waals surface area contributed by atoms with Crippen molar-refractivity contribution < 1.29 is 13.2 Å². The van der Waals surface area contributed by atoms with Gasteiger partial charge >= 0.3 is 0 Å². The van der Waals surface area contributed by atoms with Gasteiger partial charge in [0, 0.05) is 37.4 Å². The number of hydrogen-bond donors (Lipinski definition) is 2. The second-order valence-corrected chi connectivity index (χ2v) is 9.77. The van der Waals surface area contributed by atoms with Crippen LogP contribution < -0.4 is 15.4 Å². The first-order valence-electron chi connectivity index (χ1n) is 9.01. The van der Waals surface area contributed by atoms with Crippen LogP contribution in [0, 0.1) is 12.3 Å². The van der Waals surface area contributed by atoms with Crippen molar-refractivity contribution in [3.8, 4) is 5.75 Å². The molecule has 0 amide bonds. The fourth-order valence-electron chi connectivity index (χ4n) is 2.95. The summed E-state index contributed by atoms with van der Waals surface area (Å²) >= 11 is 0. The summed E-state index contributed by atoms with van der Waals surface area (Å²) in [4.78, 5) is 4.24. The van der Waals surface area contributed by atoms with Crippen LogP contribution in [0.15, 0.2) is 23.2 Å². The minimum atomic E-state index is -2.97. The topological polar surface area (TPSA) is 79.8 Å². The third-order valence-corrected chi connectivity index (χ3v) is 5.55. The molecular weight excluding hydrogens is 350 g/mol. The van der Waals surface area contributed by atoms with Crippen LogP contribution >= 0.6 is 0 Å². The van der Waals surface area contributed by atoms with Gasteiger partial charge in [0.2, 0.25) is 0 Å². The summed E-state index contributed by atoms with van der Waals surface area (Å²) < 4.78 is 29.1. The largest absolute Gasteiger partial charge is 0.491 e. The summed E-state index contributed by atoms with van der Waals surface area (Å²) in [6, 6.07) is 6.16. The zero-order valence-electron chi connectivity index (χ0n) is 16.4. The maximum absolute atomic E-state index is 11.6. The summed E-state index contributed by atoms with van der Waals surface area (Å²) in [5.41, 5.74) is 2.08. The molecule has 0 aliphatic heterocycles. The van der Waals surface area contributed by atoms with E-state index in [2.05, 4.69) is 27.8 Å². The van der Waals surface area contributed by atoms with Gasteiger partial charge in [-0.1, -0.05) is 12.1 Å². The normalized spacial score (nSPS) is 16.5. The van der Waals surface area contributed by atoms with Gasteiger partial charge in [0.25, 0.3) is 0 Å². The molecule has 26 heavy (non-hydrogen) atoms. The highest BCUT2D eigenvalue weighted by molar-refractivity contribution is 7.90. The number of sulfone groups is 1. The number of rotatable bonds is 8. The van der Waals surface area contributed by atoms with Gasteiger partial charge in [0.15, 0.2) is 5.96 Å². The molecule has 0 heterocycles. The van der Waals surface area contributed by atoms with Crippen molar-refractivity contribution in [2.75, 3.05) is 25.6 Å². The Morgan fingerprint density at radius 3 is 2.54 bits per heavy atom. The third kappa shape index (κ3) is 6.52. The lowest BCUT2D eigenvalue weighted by Crippen LogP contribution is -2.41. The number of benzene rings is 1. The molecule has 0 atom stereocenters. The summed E-state index contributed by atoms with van der Waals surface area (Å²) in [6.45, 7) is 7.26. The van der Waals surface area contributed by atoms with Crippen LogP contribution in [-0.2, 0) is 16.4 Å². The molecule has 2 N–H and O–H groups in total. The van der Waals surface area contributed by atoms with Gasteiger partial charge in [-0.2, -0.15) is 0 Å². The first-order chi connectivity index (χ1) is 12.1. The molecule has 1 fully saturated rings. The molecule has 6 nitrogen and oxygen atoms in total. The molecular formula is C19H31N3O3S. The predicted octanol–water partition coefficient (Wildman–Crippen LogP) is 2.27. The molecule has 1 aromatic rings. The van der Waals surface area contributed by atoms with E-state index in [-0.39, 0.29) is 17.3 Å².